The zero-order valence-corrected chi connectivity index (χ0v) is 16.2. The van der Waals surface area contributed by atoms with Crippen LogP contribution in [0.1, 0.15) is 38.4 Å². The van der Waals surface area contributed by atoms with Gasteiger partial charge in [-0.25, -0.2) is 9.18 Å². The van der Waals surface area contributed by atoms with Crippen molar-refractivity contribution in [1.29, 1.82) is 0 Å². The summed E-state index contributed by atoms with van der Waals surface area (Å²) in [6.07, 6.45) is 0.583. The average Bonchev–Trinajstić information content (AvgIpc) is 2.70. The first kappa shape index (κ1) is 21.5. The van der Waals surface area contributed by atoms with Gasteiger partial charge in [0.1, 0.15) is 5.82 Å². The number of ether oxygens (including phenoxy) is 2. The van der Waals surface area contributed by atoms with Gasteiger partial charge in [-0.3, -0.25) is 0 Å². The van der Waals surface area contributed by atoms with Crippen LogP contribution in [0.25, 0.3) is 0 Å². The fourth-order valence-electron chi connectivity index (χ4n) is 2.46. The highest BCUT2D eigenvalue weighted by Crippen LogP contribution is 2.31. The highest BCUT2D eigenvalue weighted by atomic mass is 19.1. The standard InChI is InChI=1S/C21H27FN2O4/c1-3-11-27-19-10-9-15(13-20(19)28-12-4-2)24-21(26)23-14-18(25)16-7-5-6-8-17(16)22/h5-10,13,18,25H,3-4,11-12,14H2,1-2H3,(H2,23,24,26). The number of halogens is 1. The molecule has 7 heteroatoms. The molecule has 2 amide bonds. The third-order valence-electron chi connectivity index (χ3n) is 3.85. The number of hydrogen-bond acceptors (Lipinski definition) is 4. The number of nitrogens with one attached hydrogen (secondary N) is 2. The summed E-state index contributed by atoms with van der Waals surface area (Å²) in [4.78, 5) is 12.1. The molecule has 1 atom stereocenters. The van der Waals surface area contributed by atoms with Crippen LogP contribution in [0.3, 0.4) is 0 Å². The normalized spacial score (nSPS) is 11.6. The number of rotatable bonds is 10. The van der Waals surface area contributed by atoms with Gasteiger partial charge in [-0.1, -0.05) is 32.0 Å². The molecule has 0 saturated heterocycles. The van der Waals surface area contributed by atoms with E-state index in [1.807, 2.05) is 13.8 Å². The fourth-order valence-corrected chi connectivity index (χ4v) is 2.46. The van der Waals surface area contributed by atoms with E-state index in [1.165, 1.54) is 18.2 Å². The molecule has 3 N–H and O–H groups in total. The number of benzene rings is 2. The SMILES string of the molecule is CCCOc1ccc(NC(=O)NCC(O)c2ccccc2F)cc1OCCC. The minimum atomic E-state index is -1.14. The van der Waals surface area contributed by atoms with Crippen molar-refractivity contribution in [3.63, 3.8) is 0 Å². The molecule has 0 fully saturated rings. The molecule has 152 valence electrons. The second-order valence-corrected chi connectivity index (χ2v) is 6.23. The van der Waals surface area contributed by atoms with E-state index in [1.54, 1.807) is 24.3 Å². The van der Waals surface area contributed by atoms with Crippen molar-refractivity contribution in [2.75, 3.05) is 25.1 Å². The van der Waals surface area contributed by atoms with Crippen LogP contribution in [-0.4, -0.2) is 30.9 Å². The lowest BCUT2D eigenvalue weighted by molar-refractivity contribution is 0.170. The highest BCUT2D eigenvalue weighted by molar-refractivity contribution is 5.89. The molecule has 0 spiro atoms. The Morgan fingerprint density at radius 2 is 1.75 bits per heavy atom. The van der Waals surface area contributed by atoms with Crippen molar-refractivity contribution in [1.82, 2.24) is 5.32 Å². The Kier molecular flexibility index (Phi) is 8.55. The Morgan fingerprint density at radius 3 is 2.43 bits per heavy atom. The number of carbonyl (C=O) groups is 1. The van der Waals surface area contributed by atoms with Crippen molar-refractivity contribution in [2.45, 2.75) is 32.8 Å². The van der Waals surface area contributed by atoms with Gasteiger partial charge in [0, 0.05) is 23.9 Å². The van der Waals surface area contributed by atoms with Crippen molar-refractivity contribution in [2.24, 2.45) is 0 Å². The average molecular weight is 390 g/mol. The van der Waals surface area contributed by atoms with Gasteiger partial charge in [0.2, 0.25) is 0 Å². The summed E-state index contributed by atoms with van der Waals surface area (Å²) in [6.45, 7) is 5.01. The molecule has 0 aliphatic heterocycles. The van der Waals surface area contributed by atoms with E-state index in [2.05, 4.69) is 10.6 Å². The summed E-state index contributed by atoms with van der Waals surface area (Å²) in [6, 6.07) is 10.5. The molecule has 0 saturated carbocycles. The number of aliphatic hydroxyl groups is 1. The highest BCUT2D eigenvalue weighted by Gasteiger charge is 2.14. The summed E-state index contributed by atoms with van der Waals surface area (Å²) in [5, 5.41) is 15.3. The second kappa shape index (κ2) is 11.1. The summed E-state index contributed by atoms with van der Waals surface area (Å²) < 4.78 is 25.0. The molecule has 28 heavy (non-hydrogen) atoms. The predicted molar refractivity (Wildman–Crippen MR) is 106 cm³/mol. The number of aliphatic hydroxyl groups excluding tert-OH is 1. The third-order valence-corrected chi connectivity index (χ3v) is 3.85. The Hall–Kier alpha value is -2.80. The lowest BCUT2D eigenvalue weighted by Gasteiger charge is -2.15. The lowest BCUT2D eigenvalue weighted by atomic mass is 10.1. The maximum absolute atomic E-state index is 13.7. The van der Waals surface area contributed by atoms with Gasteiger partial charge in [-0.2, -0.15) is 0 Å². The molecule has 2 aromatic carbocycles. The summed E-state index contributed by atoms with van der Waals surface area (Å²) in [5.74, 6) is 0.660. The molecule has 0 radical (unpaired) electrons. The summed E-state index contributed by atoms with van der Waals surface area (Å²) >= 11 is 0. The number of hydrogen-bond donors (Lipinski definition) is 3. The van der Waals surface area contributed by atoms with Gasteiger partial charge in [-0.05, 0) is 31.0 Å². The van der Waals surface area contributed by atoms with Gasteiger partial charge < -0.3 is 25.2 Å². The first-order chi connectivity index (χ1) is 13.5. The first-order valence-corrected chi connectivity index (χ1v) is 9.42. The molecule has 1 unspecified atom stereocenters. The van der Waals surface area contributed by atoms with Crippen LogP contribution < -0.4 is 20.1 Å². The summed E-state index contributed by atoms with van der Waals surface area (Å²) in [5.41, 5.74) is 0.656. The molecular formula is C21H27FN2O4. The van der Waals surface area contributed by atoms with Gasteiger partial charge in [0.15, 0.2) is 11.5 Å². The van der Waals surface area contributed by atoms with E-state index >= 15 is 0 Å². The first-order valence-electron chi connectivity index (χ1n) is 9.42. The van der Waals surface area contributed by atoms with Crippen molar-refractivity contribution < 1.29 is 23.8 Å². The van der Waals surface area contributed by atoms with Gasteiger partial charge in [-0.15, -0.1) is 0 Å². The Balaban J connectivity index is 1.95. The zero-order chi connectivity index (χ0) is 20.4. The molecule has 0 heterocycles. The fraction of sp³-hybridized carbons (Fsp3) is 0.381. The lowest BCUT2D eigenvalue weighted by Crippen LogP contribution is -2.32. The molecule has 0 bridgehead atoms. The molecular weight excluding hydrogens is 363 g/mol. The van der Waals surface area contributed by atoms with Crippen LogP contribution in [0.5, 0.6) is 11.5 Å². The van der Waals surface area contributed by atoms with E-state index in [0.29, 0.717) is 30.4 Å². The van der Waals surface area contributed by atoms with Crippen molar-refractivity contribution in [3.8, 4) is 11.5 Å². The largest absolute Gasteiger partial charge is 0.490 e. The Bertz CT molecular complexity index is 770. The Labute approximate surface area is 164 Å². The third kappa shape index (κ3) is 6.42. The number of carbonyl (C=O) groups excluding carboxylic acids is 1. The van der Waals surface area contributed by atoms with Crippen LogP contribution >= 0.6 is 0 Å². The predicted octanol–water partition coefficient (Wildman–Crippen LogP) is 4.26. The van der Waals surface area contributed by atoms with E-state index in [9.17, 15) is 14.3 Å². The van der Waals surface area contributed by atoms with Crippen LogP contribution in [0, 0.1) is 5.82 Å². The monoisotopic (exact) mass is 390 g/mol. The van der Waals surface area contributed by atoms with Crippen LogP contribution in [0.2, 0.25) is 0 Å². The van der Waals surface area contributed by atoms with E-state index < -0.39 is 18.0 Å². The minimum Gasteiger partial charge on any atom is -0.490 e. The van der Waals surface area contributed by atoms with Crippen LogP contribution in [0.15, 0.2) is 42.5 Å². The maximum Gasteiger partial charge on any atom is 0.319 e. The van der Waals surface area contributed by atoms with Gasteiger partial charge >= 0.3 is 6.03 Å². The van der Waals surface area contributed by atoms with E-state index in [0.717, 1.165) is 12.8 Å². The molecule has 0 aromatic heterocycles. The second-order valence-electron chi connectivity index (χ2n) is 6.23. The van der Waals surface area contributed by atoms with Crippen LogP contribution in [-0.2, 0) is 0 Å². The zero-order valence-electron chi connectivity index (χ0n) is 16.2. The van der Waals surface area contributed by atoms with Gasteiger partial charge in [0.25, 0.3) is 0 Å². The molecule has 0 aliphatic rings. The maximum atomic E-state index is 13.7. The van der Waals surface area contributed by atoms with E-state index in [-0.39, 0.29) is 12.1 Å². The molecule has 6 nitrogen and oxygen atoms in total. The number of anilines is 1. The smallest absolute Gasteiger partial charge is 0.319 e. The van der Waals surface area contributed by atoms with Gasteiger partial charge in [0.05, 0.1) is 19.3 Å². The Morgan fingerprint density at radius 1 is 1.07 bits per heavy atom. The quantitative estimate of drug-likeness (QED) is 0.566. The van der Waals surface area contributed by atoms with E-state index in [4.69, 9.17) is 9.47 Å². The topological polar surface area (TPSA) is 79.8 Å². The molecule has 2 aromatic rings. The van der Waals surface area contributed by atoms with Crippen molar-refractivity contribution in [3.05, 3.63) is 53.8 Å². The summed E-state index contributed by atoms with van der Waals surface area (Å²) in [7, 11) is 0. The molecule has 0 aliphatic carbocycles. The number of urea groups is 1. The number of amides is 2. The molecule has 2 rings (SSSR count). The van der Waals surface area contributed by atoms with Crippen LogP contribution in [0.4, 0.5) is 14.9 Å². The minimum absolute atomic E-state index is 0.121. The van der Waals surface area contributed by atoms with Crippen molar-refractivity contribution >= 4 is 11.7 Å².